The average molecular weight is 315 g/mol. The maximum Gasteiger partial charge on any atom is 0.276 e. The number of nitrogens with zero attached hydrogens (tertiary/aromatic N) is 2. The fourth-order valence-corrected chi connectivity index (χ4v) is 3.48. The Labute approximate surface area is 127 Å². The van der Waals surface area contributed by atoms with E-state index in [0.29, 0.717) is 18.8 Å². The molecule has 1 saturated heterocycles. The Kier molecular flexibility index (Phi) is 5.80. The molecular weight excluding hydrogens is 290 g/mol. The molecule has 0 unspecified atom stereocenters. The highest BCUT2D eigenvalue weighted by Crippen LogP contribution is 2.18. The van der Waals surface area contributed by atoms with Crippen molar-refractivity contribution >= 4 is 10.0 Å². The van der Waals surface area contributed by atoms with E-state index in [1.54, 1.807) is 13.1 Å². The summed E-state index contributed by atoms with van der Waals surface area (Å²) >= 11 is 0. The van der Waals surface area contributed by atoms with Gasteiger partial charge in [-0.2, -0.15) is 4.31 Å². The maximum absolute atomic E-state index is 12.4. The summed E-state index contributed by atoms with van der Waals surface area (Å²) in [6.07, 6.45) is 2.42. The Morgan fingerprint density at radius 3 is 2.71 bits per heavy atom. The number of likely N-dealkylation sites (N-methyl/N-ethyl adjacent to an activating group) is 1. The van der Waals surface area contributed by atoms with Crippen molar-refractivity contribution in [3.8, 4) is 0 Å². The van der Waals surface area contributed by atoms with E-state index in [4.69, 9.17) is 4.42 Å². The van der Waals surface area contributed by atoms with Crippen molar-refractivity contribution in [2.75, 3.05) is 39.8 Å². The van der Waals surface area contributed by atoms with Crippen LogP contribution in [0.2, 0.25) is 0 Å². The molecule has 1 fully saturated rings. The van der Waals surface area contributed by atoms with Crippen molar-refractivity contribution in [3.63, 3.8) is 0 Å². The Morgan fingerprint density at radius 2 is 2.05 bits per heavy atom. The lowest BCUT2D eigenvalue weighted by Crippen LogP contribution is -2.35. The van der Waals surface area contributed by atoms with Gasteiger partial charge in [-0.15, -0.1) is 0 Å². The van der Waals surface area contributed by atoms with E-state index in [1.165, 1.54) is 23.2 Å². The highest BCUT2D eigenvalue weighted by atomic mass is 32.2. The van der Waals surface area contributed by atoms with Gasteiger partial charge in [0.2, 0.25) is 5.09 Å². The zero-order chi connectivity index (χ0) is 15.3. The van der Waals surface area contributed by atoms with Gasteiger partial charge < -0.3 is 14.6 Å². The molecule has 7 heteroatoms. The van der Waals surface area contributed by atoms with Crippen LogP contribution in [-0.2, 0) is 16.6 Å². The van der Waals surface area contributed by atoms with Crippen LogP contribution in [0.4, 0.5) is 0 Å². The molecule has 0 atom stereocenters. The maximum atomic E-state index is 12.4. The van der Waals surface area contributed by atoms with Crippen LogP contribution in [0.1, 0.15) is 25.5 Å². The number of likely N-dealkylation sites (tertiary alicyclic amines) is 1. The van der Waals surface area contributed by atoms with Crippen molar-refractivity contribution in [1.29, 1.82) is 0 Å². The zero-order valence-corrected chi connectivity index (χ0v) is 13.7. The molecule has 0 amide bonds. The third-order valence-corrected chi connectivity index (χ3v) is 5.51. The molecule has 0 spiro atoms. The molecule has 1 aromatic heterocycles. The minimum absolute atomic E-state index is 0.0272. The van der Waals surface area contributed by atoms with E-state index in [1.807, 2.05) is 6.92 Å². The van der Waals surface area contributed by atoms with Gasteiger partial charge in [0.05, 0.1) is 6.54 Å². The van der Waals surface area contributed by atoms with E-state index in [2.05, 4.69) is 10.2 Å². The molecule has 1 aromatic rings. The van der Waals surface area contributed by atoms with Crippen molar-refractivity contribution in [1.82, 2.24) is 14.5 Å². The molecule has 1 aliphatic rings. The fourth-order valence-electron chi connectivity index (χ4n) is 2.40. The van der Waals surface area contributed by atoms with E-state index in [9.17, 15) is 8.42 Å². The minimum Gasteiger partial charge on any atom is -0.447 e. The summed E-state index contributed by atoms with van der Waals surface area (Å²) in [4.78, 5) is 2.30. The SMILES string of the molecule is CCNCc1ccc(S(=O)(=O)N(C)CCN2CCCC2)o1. The normalized spacial score (nSPS) is 16.9. The van der Waals surface area contributed by atoms with Crippen molar-refractivity contribution in [2.45, 2.75) is 31.4 Å². The predicted octanol–water partition coefficient (Wildman–Crippen LogP) is 1.11. The van der Waals surface area contributed by atoms with E-state index >= 15 is 0 Å². The first-order valence-corrected chi connectivity index (χ1v) is 8.96. The van der Waals surface area contributed by atoms with Crippen LogP contribution in [0.3, 0.4) is 0 Å². The van der Waals surface area contributed by atoms with Crippen LogP contribution in [0.25, 0.3) is 0 Å². The van der Waals surface area contributed by atoms with Crippen LogP contribution in [0.5, 0.6) is 0 Å². The van der Waals surface area contributed by atoms with Gasteiger partial charge in [0.15, 0.2) is 0 Å². The Bertz CT molecular complexity index is 535. The summed E-state index contributed by atoms with van der Waals surface area (Å²) in [6.45, 7) is 6.77. The number of furan rings is 1. The molecule has 21 heavy (non-hydrogen) atoms. The molecular formula is C14H25N3O3S. The largest absolute Gasteiger partial charge is 0.447 e. The van der Waals surface area contributed by atoms with Gasteiger partial charge in [0, 0.05) is 20.1 Å². The molecule has 0 bridgehead atoms. The van der Waals surface area contributed by atoms with Gasteiger partial charge in [-0.05, 0) is 44.6 Å². The molecule has 1 aliphatic heterocycles. The molecule has 120 valence electrons. The molecule has 2 rings (SSSR count). The second-order valence-corrected chi connectivity index (χ2v) is 7.35. The quantitative estimate of drug-likeness (QED) is 0.778. The summed E-state index contributed by atoms with van der Waals surface area (Å²) < 4.78 is 31.6. The highest BCUT2D eigenvalue weighted by molar-refractivity contribution is 7.89. The molecule has 0 saturated carbocycles. The lowest BCUT2D eigenvalue weighted by Gasteiger charge is -2.20. The smallest absolute Gasteiger partial charge is 0.276 e. The lowest BCUT2D eigenvalue weighted by atomic mass is 10.4. The molecule has 2 heterocycles. The third kappa shape index (κ3) is 4.29. The summed E-state index contributed by atoms with van der Waals surface area (Å²) in [5.74, 6) is 0.642. The summed E-state index contributed by atoms with van der Waals surface area (Å²) in [5.41, 5.74) is 0. The number of nitrogens with one attached hydrogen (secondary N) is 1. The van der Waals surface area contributed by atoms with Crippen LogP contribution < -0.4 is 5.32 Å². The van der Waals surface area contributed by atoms with Gasteiger partial charge in [-0.1, -0.05) is 6.92 Å². The Hall–Kier alpha value is -0.890. The molecule has 0 aromatic carbocycles. The topological polar surface area (TPSA) is 65.8 Å². The fraction of sp³-hybridized carbons (Fsp3) is 0.714. The summed E-state index contributed by atoms with van der Waals surface area (Å²) in [5, 5.41) is 3.14. The van der Waals surface area contributed by atoms with Crippen molar-refractivity contribution in [3.05, 3.63) is 17.9 Å². The lowest BCUT2D eigenvalue weighted by molar-refractivity contribution is 0.305. The van der Waals surface area contributed by atoms with Crippen molar-refractivity contribution in [2.24, 2.45) is 0 Å². The average Bonchev–Trinajstić information content (AvgIpc) is 3.13. The van der Waals surface area contributed by atoms with Gasteiger partial charge in [0.1, 0.15) is 5.76 Å². The van der Waals surface area contributed by atoms with Crippen LogP contribution >= 0.6 is 0 Å². The second-order valence-electron chi connectivity index (χ2n) is 5.38. The first kappa shape index (κ1) is 16.5. The van der Waals surface area contributed by atoms with Crippen LogP contribution in [0.15, 0.2) is 21.6 Å². The Balaban J connectivity index is 1.93. The monoisotopic (exact) mass is 315 g/mol. The Morgan fingerprint density at radius 1 is 1.33 bits per heavy atom. The predicted molar refractivity (Wildman–Crippen MR) is 81.6 cm³/mol. The molecule has 1 N–H and O–H groups in total. The summed E-state index contributed by atoms with van der Waals surface area (Å²) in [7, 11) is -1.91. The second kappa shape index (κ2) is 7.40. The van der Waals surface area contributed by atoms with E-state index in [0.717, 1.165) is 26.2 Å². The van der Waals surface area contributed by atoms with Crippen molar-refractivity contribution < 1.29 is 12.8 Å². The van der Waals surface area contributed by atoms with Gasteiger partial charge in [0.25, 0.3) is 10.0 Å². The minimum atomic E-state index is -3.52. The van der Waals surface area contributed by atoms with Gasteiger partial charge in [-0.3, -0.25) is 0 Å². The third-order valence-electron chi connectivity index (χ3n) is 3.78. The first-order chi connectivity index (χ1) is 10.0. The van der Waals surface area contributed by atoms with E-state index in [-0.39, 0.29) is 5.09 Å². The first-order valence-electron chi connectivity index (χ1n) is 7.52. The number of hydrogen-bond donors (Lipinski definition) is 1. The van der Waals surface area contributed by atoms with Crippen LogP contribution in [0, 0.1) is 0 Å². The van der Waals surface area contributed by atoms with Gasteiger partial charge in [-0.25, -0.2) is 8.42 Å². The van der Waals surface area contributed by atoms with E-state index < -0.39 is 10.0 Å². The number of rotatable bonds is 8. The number of hydrogen-bond acceptors (Lipinski definition) is 5. The standard InChI is InChI=1S/C14H25N3O3S/c1-3-15-12-13-6-7-14(20-13)21(18,19)16(2)10-11-17-8-4-5-9-17/h6-7,15H,3-5,8-12H2,1-2H3. The zero-order valence-electron chi connectivity index (χ0n) is 12.8. The summed E-state index contributed by atoms with van der Waals surface area (Å²) in [6, 6.07) is 3.25. The van der Waals surface area contributed by atoms with Crippen LogP contribution in [-0.4, -0.2) is 57.4 Å². The molecule has 0 radical (unpaired) electrons. The molecule has 0 aliphatic carbocycles. The number of sulfonamides is 1. The molecule has 6 nitrogen and oxygen atoms in total. The highest BCUT2D eigenvalue weighted by Gasteiger charge is 2.25. The van der Waals surface area contributed by atoms with Gasteiger partial charge >= 0.3 is 0 Å².